The van der Waals surface area contributed by atoms with Gasteiger partial charge in [0.05, 0.1) is 11.2 Å². The predicted molar refractivity (Wildman–Crippen MR) is 112 cm³/mol. The van der Waals surface area contributed by atoms with E-state index in [1.165, 1.54) is 12.3 Å². The molecular weight excluding hydrogens is 444 g/mol. The largest absolute Gasteiger partial charge is 0.506 e. The SMILES string of the molecule is O=C(N/N=C\c1cc(Br)cc(Cl)c1O)C(O)(c1ccccc1)c1ccccc1. The molecule has 3 rings (SSSR count). The van der Waals surface area contributed by atoms with Crippen molar-refractivity contribution >= 4 is 39.7 Å². The fourth-order valence-electron chi connectivity index (χ4n) is 2.71. The molecular formula is C21H16BrClN2O3. The van der Waals surface area contributed by atoms with E-state index in [0.29, 0.717) is 21.2 Å². The molecule has 0 saturated carbocycles. The van der Waals surface area contributed by atoms with Gasteiger partial charge in [0.25, 0.3) is 5.91 Å². The molecule has 0 saturated heterocycles. The number of aliphatic hydroxyl groups is 1. The highest BCUT2D eigenvalue weighted by atomic mass is 79.9. The lowest BCUT2D eigenvalue weighted by Crippen LogP contribution is -2.43. The lowest BCUT2D eigenvalue weighted by molar-refractivity contribution is -0.136. The average Bonchev–Trinajstić information content (AvgIpc) is 2.72. The van der Waals surface area contributed by atoms with Gasteiger partial charge >= 0.3 is 0 Å². The molecule has 0 radical (unpaired) electrons. The van der Waals surface area contributed by atoms with Crippen LogP contribution in [0.2, 0.25) is 5.02 Å². The molecule has 1 amide bonds. The monoisotopic (exact) mass is 458 g/mol. The summed E-state index contributed by atoms with van der Waals surface area (Å²) in [7, 11) is 0. The molecule has 7 heteroatoms. The lowest BCUT2D eigenvalue weighted by atomic mass is 9.85. The molecule has 0 heterocycles. The van der Waals surface area contributed by atoms with E-state index >= 15 is 0 Å². The van der Waals surface area contributed by atoms with Gasteiger partial charge in [-0.2, -0.15) is 5.10 Å². The van der Waals surface area contributed by atoms with Crippen LogP contribution in [0.1, 0.15) is 16.7 Å². The minimum absolute atomic E-state index is 0.146. The molecule has 0 aromatic heterocycles. The number of hydrazone groups is 1. The Labute approximate surface area is 175 Å². The van der Waals surface area contributed by atoms with Crippen molar-refractivity contribution in [3.8, 4) is 5.75 Å². The van der Waals surface area contributed by atoms with Gasteiger partial charge in [-0.15, -0.1) is 0 Å². The van der Waals surface area contributed by atoms with Gasteiger partial charge in [0.2, 0.25) is 0 Å². The number of carbonyl (C=O) groups is 1. The molecule has 142 valence electrons. The highest BCUT2D eigenvalue weighted by Crippen LogP contribution is 2.31. The van der Waals surface area contributed by atoms with E-state index in [9.17, 15) is 15.0 Å². The van der Waals surface area contributed by atoms with Gasteiger partial charge in [-0.1, -0.05) is 88.2 Å². The number of hydrogen-bond donors (Lipinski definition) is 3. The standard InChI is InChI=1S/C21H16BrClN2O3/c22-17-11-14(19(26)18(23)12-17)13-24-25-20(27)21(28,15-7-3-1-4-8-15)16-9-5-2-6-10-16/h1-13,26,28H,(H,25,27)/b24-13-. The summed E-state index contributed by atoms with van der Waals surface area (Å²) < 4.78 is 0.646. The van der Waals surface area contributed by atoms with Gasteiger partial charge < -0.3 is 10.2 Å². The lowest BCUT2D eigenvalue weighted by Gasteiger charge is -2.27. The third-order valence-electron chi connectivity index (χ3n) is 4.14. The Hall–Kier alpha value is -2.67. The number of halogens is 2. The number of aromatic hydroxyl groups is 1. The van der Waals surface area contributed by atoms with Gasteiger partial charge in [-0.25, -0.2) is 5.43 Å². The van der Waals surface area contributed by atoms with E-state index in [2.05, 4.69) is 26.5 Å². The second-order valence-corrected chi connectivity index (χ2v) is 7.29. The van der Waals surface area contributed by atoms with Crippen molar-refractivity contribution in [3.63, 3.8) is 0 Å². The summed E-state index contributed by atoms with van der Waals surface area (Å²) in [4.78, 5) is 12.9. The van der Waals surface area contributed by atoms with Crippen molar-refractivity contribution in [2.24, 2.45) is 5.10 Å². The summed E-state index contributed by atoms with van der Waals surface area (Å²) in [5.74, 6) is -0.897. The molecule has 0 bridgehead atoms. The number of benzene rings is 3. The highest BCUT2D eigenvalue weighted by Gasteiger charge is 2.39. The van der Waals surface area contributed by atoms with Crippen molar-refractivity contribution < 1.29 is 15.0 Å². The summed E-state index contributed by atoms with van der Waals surface area (Å²) in [5, 5.41) is 25.3. The fraction of sp³-hybridized carbons (Fsp3) is 0.0476. The summed E-state index contributed by atoms with van der Waals surface area (Å²) in [6, 6.07) is 20.3. The van der Waals surface area contributed by atoms with Crippen LogP contribution < -0.4 is 5.43 Å². The van der Waals surface area contributed by atoms with E-state index in [0.717, 1.165) is 0 Å². The second kappa shape index (κ2) is 8.56. The van der Waals surface area contributed by atoms with Crippen molar-refractivity contribution in [2.75, 3.05) is 0 Å². The van der Waals surface area contributed by atoms with Gasteiger partial charge in [-0.05, 0) is 23.3 Å². The van der Waals surface area contributed by atoms with Crippen LogP contribution in [0.5, 0.6) is 5.75 Å². The molecule has 0 aliphatic carbocycles. The van der Waals surface area contributed by atoms with Gasteiger partial charge in [0.1, 0.15) is 5.75 Å². The Morgan fingerprint density at radius 1 is 1.04 bits per heavy atom. The van der Waals surface area contributed by atoms with Crippen LogP contribution >= 0.6 is 27.5 Å². The molecule has 0 aliphatic heterocycles. The van der Waals surface area contributed by atoms with Gasteiger partial charge in [0, 0.05) is 10.0 Å². The number of nitrogens with zero attached hydrogens (tertiary/aromatic N) is 1. The number of phenolic OH excluding ortho intramolecular Hbond substituents is 1. The Bertz CT molecular complexity index is 971. The maximum absolute atomic E-state index is 12.9. The maximum atomic E-state index is 12.9. The molecule has 0 atom stereocenters. The molecule has 5 nitrogen and oxygen atoms in total. The molecule has 0 fully saturated rings. The summed E-state index contributed by atoms with van der Waals surface area (Å²) >= 11 is 9.20. The van der Waals surface area contributed by atoms with Crippen molar-refractivity contribution in [3.05, 3.63) is 99.0 Å². The number of phenols is 1. The van der Waals surface area contributed by atoms with Crippen molar-refractivity contribution in [1.82, 2.24) is 5.43 Å². The molecule has 0 spiro atoms. The minimum atomic E-state index is -1.93. The zero-order chi connectivity index (χ0) is 20.1. The Balaban J connectivity index is 1.91. The first kappa shape index (κ1) is 20.1. The van der Waals surface area contributed by atoms with E-state index in [-0.39, 0.29) is 10.8 Å². The molecule has 0 unspecified atom stereocenters. The number of nitrogens with one attached hydrogen (secondary N) is 1. The fourth-order valence-corrected chi connectivity index (χ4v) is 3.55. The second-order valence-electron chi connectivity index (χ2n) is 5.97. The first-order valence-electron chi connectivity index (χ1n) is 8.28. The Morgan fingerprint density at radius 3 is 2.11 bits per heavy atom. The number of rotatable bonds is 5. The van der Waals surface area contributed by atoms with Gasteiger partial charge in [-0.3, -0.25) is 4.79 Å². The van der Waals surface area contributed by atoms with E-state index < -0.39 is 11.5 Å². The smallest absolute Gasteiger partial charge is 0.281 e. The summed E-state index contributed by atoms with van der Waals surface area (Å²) in [6.07, 6.45) is 1.25. The highest BCUT2D eigenvalue weighted by molar-refractivity contribution is 9.10. The third-order valence-corrected chi connectivity index (χ3v) is 4.89. The van der Waals surface area contributed by atoms with Crippen molar-refractivity contribution in [2.45, 2.75) is 5.60 Å². The Morgan fingerprint density at radius 2 is 1.57 bits per heavy atom. The average molecular weight is 460 g/mol. The van der Waals surface area contributed by atoms with Crippen LogP contribution in [0.15, 0.2) is 82.4 Å². The molecule has 3 aromatic rings. The number of carbonyl (C=O) groups excluding carboxylic acids is 1. The number of amides is 1. The van der Waals surface area contributed by atoms with E-state index in [1.807, 2.05) is 0 Å². The zero-order valence-electron chi connectivity index (χ0n) is 14.5. The topological polar surface area (TPSA) is 81.9 Å². The van der Waals surface area contributed by atoms with Crippen LogP contribution in [-0.2, 0) is 10.4 Å². The minimum Gasteiger partial charge on any atom is -0.506 e. The van der Waals surface area contributed by atoms with E-state index in [4.69, 9.17) is 11.6 Å². The van der Waals surface area contributed by atoms with Crippen LogP contribution in [0.3, 0.4) is 0 Å². The zero-order valence-corrected chi connectivity index (χ0v) is 16.9. The van der Waals surface area contributed by atoms with Gasteiger partial charge in [0.15, 0.2) is 5.60 Å². The first-order chi connectivity index (χ1) is 13.4. The van der Waals surface area contributed by atoms with Crippen molar-refractivity contribution in [1.29, 1.82) is 0 Å². The normalized spacial score (nSPS) is 11.5. The molecule has 3 aromatic carbocycles. The molecule has 28 heavy (non-hydrogen) atoms. The van der Waals surface area contributed by atoms with E-state index in [1.54, 1.807) is 66.7 Å². The molecule has 3 N–H and O–H groups in total. The first-order valence-corrected chi connectivity index (χ1v) is 9.45. The quantitative estimate of drug-likeness (QED) is 0.395. The summed E-state index contributed by atoms with van der Waals surface area (Å²) in [5.41, 5.74) is 1.53. The van der Waals surface area contributed by atoms with Crippen LogP contribution in [-0.4, -0.2) is 22.3 Å². The number of hydrogen-bond acceptors (Lipinski definition) is 4. The van der Waals surface area contributed by atoms with Crippen LogP contribution in [0.4, 0.5) is 0 Å². The molecule has 0 aliphatic rings. The predicted octanol–water partition coefficient (Wildman–Crippen LogP) is 4.19. The third kappa shape index (κ3) is 4.09. The summed E-state index contributed by atoms with van der Waals surface area (Å²) in [6.45, 7) is 0. The van der Waals surface area contributed by atoms with Crippen LogP contribution in [0, 0.1) is 0 Å². The Kier molecular flexibility index (Phi) is 6.14. The maximum Gasteiger partial charge on any atom is 0.281 e. The van der Waals surface area contributed by atoms with Crippen LogP contribution in [0.25, 0.3) is 0 Å².